The minimum absolute atomic E-state index is 0.0538. The molecule has 4 nitrogen and oxygen atoms in total. The number of hydrogen-bond acceptors (Lipinski definition) is 2. The zero-order chi connectivity index (χ0) is 17.3. The lowest BCUT2D eigenvalue weighted by atomic mass is 9.97. The van der Waals surface area contributed by atoms with Crippen molar-refractivity contribution in [1.82, 2.24) is 14.7 Å². The fourth-order valence-electron chi connectivity index (χ4n) is 3.49. The van der Waals surface area contributed by atoms with Crippen LogP contribution in [0.5, 0.6) is 0 Å². The first-order valence-electron chi connectivity index (χ1n) is 8.57. The Bertz CT molecular complexity index is 738. The van der Waals surface area contributed by atoms with Crippen molar-refractivity contribution >= 4 is 17.5 Å². The van der Waals surface area contributed by atoms with Crippen molar-refractivity contribution in [2.75, 3.05) is 6.54 Å². The molecule has 1 amide bonds. The van der Waals surface area contributed by atoms with E-state index in [4.69, 9.17) is 11.6 Å². The number of amides is 1. The zero-order valence-electron chi connectivity index (χ0n) is 14.5. The molecule has 0 aliphatic carbocycles. The summed E-state index contributed by atoms with van der Waals surface area (Å²) in [5.74, 6) is 0.400. The maximum absolute atomic E-state index is 13.1. The Balaban J connectivity index is 1.90. The Hall–Kier alpha value is -1.81. The molecule has 5 heteroatoms. The van der Waals surface area contributed by atoms with Crippen LogP contribution in [0.15, 0.2) is 30.5 Å². The molecule has 2 aromatic rings. The molecule has 1 aromatic heterocycles. The van der Waals surface area contributed by atoms with Gasteiger partial charge in [-0.25, -0.2) is 0 Å². The summed E-state index contributed by atoms with van der Waals surface area (Å²) in [6.45, 7) is 4.98. The number of carbonyl (C=O) groups excluding carboxylic acids is 1. The van der Waals surface area contributed by atoms with Gasteiger partial charge in [-0.2, -0.15) is 5.10 Å². The van der Waals surface area contributed by atoms with E-state index in [0.29, 0.717) is 16.5 Å². The van der Waals surface area contributed by atoms with Crippen LogP contribution in [-0.4, -0.2) is 27.1 Å². The quantitative estimate of drug-likeness (QED) is 0.817. The molecule has 0 bridgehead atoms. The van der Waals surface area contributed by atoms with Gasteiger partial charge in [0.05, 0.1) is 11.7 Å². The number of carbonyl (C=O) groups is 1. The second-order valence-corrected chi connectivity index (χ2v) is 7.19. The van der Waals surface area contributed by atoms with Gasteiger partial charge in [0.2, 0.25) is 0 Å². The van der Waals surface area contributed by atoms with Gasteiger partial charge in [-0.15, -0.1) is 0 Å². The van der Waals surface area contributed by atoms with Crippen LogP contribution in [0, 0.1) is 0 Å². The minimum atomic E-state index is 0.0538. The normalized spacial score (nSPS) is 18.2. The van der Waals surface area contributed by atoms with E-state index < -0.39 is 0 Å². The highest BCUT2D eigenvalue weighted by atomic mass is 35.5. The fourth-order valence-corrected chi connectivity index (χ4v) is 3.89. The third-order valence-electron chi connectivity index (χ3n) is 4.83. The first-order valence-corrected chi connectivity index (χ1v) is 8.95. The van der Waals surface area contributed by atoms with Crippen LogP contribution >= 0.6 is 11.6 Å². The topological polar surface area (TPSA) is 38.1 Å². The monoisotopic (exact) mass is 345 g/mol. The van der Waals surface area contributed by atoms with Crippen LogP contribution in [0.3, 0.4) is 0 Å². The maximum Gasteiger partial charge on any atom is 0.254 e. The average molecular weight is 346 g/mol. The lowest BCUT2D eigenvalue weighted by Crippen LogP contribution is -2.39. The van der Waals surface area contributed by atoms with Gasteiger partial charge in [0.25, 0.3) is 5.91 Å². The molecule has 1 fully saturated rings. The van der Waals surface area contributed by atoms with Gasteiger partial charge < -0.3 is 4.90 Å². The number of aromatic nitrogens is 2. The van der Waals surface area contributed by atoms with Gasteiger partial charge in [0.1, 0.15) is 0 Å². The Morgan fingerprint density at radius 2 is 2.08 bits per heavy atom. The minimum Gasteiger partial charge on any atom is -0.330 e. The summed E-state index contributed by atoms with van der Waals surface area (Å²) in [7, 11) is 1.93. The Kier molecular flexibility index (Phi) is 4.95. The van der Waals surface area contributed by atoms with Crippen LogP contribution in [0.25, 0.3) is 0 Å². The average Bonchev–Trinajstić information content (AvgIpc) is 2.99. The number of aryl methyl sites for hydroxylation is 1. The Morgan fingerprint density at radius 1 is 1.29 bits per heavy atom. The van der Waals surface area contributed by atoms with Crippen molar-refractivity contribution in [1.29, 1.82) is 0 Å². The number of hydrogen-bond donors (Lipinski definition) is 0. The van der Waals surface area contributed by atoms with Crippen LogP contribution in [-0.2, 0) is 7.05 Å². The zero-order valence-corrected chi connectivity index (χ0v) is 15.3. The highest BCUT2D eigenvalue weighted by Gasteiger charge is 2.30. The molecule has 1 aliphatic rings. The third kappa shape index (κ3) is 3.20. The molecule has 0 spiro atoms. The van der Waals surface area contributed by atoms with Crippen molar-refractivity contribution < 1.29 is 4.79 Å². The first kappa shape index (κ1) is 17.0. The number of rotatable bonds is 3. The van der Waals surface area contributed by atoms with Crippen molar-refractivity contribution in [2.24, 2.45) is 7.05 Å². The number of halogens is 1. The van der Waals surface area contributed by atoms with E-state index >= 15 is 0 Å². The summed E-state index contributed by atoms with van der Waals surface area (Å²) < 4.78 is 1.87. The Labute approximate surface area is 148 Å². The van der Waals surface area contributed by atoms with Crippen molar-refractivity contribution in [2.45, 2.75) is 45.1 Å². The molecule has 1 aliphatic heterocycles. The molecule has 0 saturated carbocycles. The molecule has 0 N–H and O–H groups in total. The molecule has 2 heterocycles. The molecule has 24 heavy (non-hydrogen) atoms. The lowest BCUT2D eigenvalue weighted by molar-refractivity contribution is 0.0601. The summed E-state index contributed by atoms with van der Waals surface area (Å²) >= 11 is 6.38. The van der Waals surface area contributed by atoms with Crippen molar-refractivity contribution in [3.63, 3.8) is 0 Å². The smallest absolute Gasteiger partial charge is 0.254 e. The molecular weight excluding hydrogens is 322 g/mol. The van der Waals surface area contributed by atoms with E-state index in [2.05, 4.69) is 18.9 Å². The molecular formula is C19H24ClN3O. The van der Waals surface area contributed by atoms with Crippen LogP contribution in [0.1, 0.15) is 66.7 Å². The molecule has 128 valence electrons. The second kappa shape index (κ2) is 6.98. The van der Waals surface area contributed by atoms with Gasteiger partial charge in [0.15, 0.2) is 0 Å². The van der Waals surface area contributed by atoms with Gasteiger partial charge in [0, 0.05) is 30.4 Å². The first-order chi connectivity index (χ1) is 11.5. The second-order valence-electron chi connectivity index (χ2n) is 6.78. The lowest BCUT2D eigenvalue weighted by Gasteiger charge is -2.36. The number of benzene rings is 1. The van der Waals surface area contributed by atoms with Crippen molar-refractivity contribution in [3.05, 3.63) is 52.3 Å². The Morgan fingerprint density at radius 3 is 2.71 bits per heavy atom. The standard InChI is InChI=1S/C19H24ClN3O/c1-13(2)15-8-7-14(12-16(15)20)19(24)23-11-5-4-6-18(23)17-9-10-21-22(17)3/h7-10,12-13,18H,4-6,11H2,1-3H3. The van der Waals surface area contributed by atoms with Crippen molar-refractivity contribution in [3.8, 4) is 0 Å². The SMILES string of the molecule is CC(C)c1ccc(C(=O)N2CCCCC2c2ccnn2C)cc1Cl. The maximum atomic E-state index is 13.1. The van der Waals surface area contributed by atoms with Gasteiger partial charge in [-0.05, 0) is 48.9 Å². The van der Waals surface area contributed by atoms with E-state index in [-0.39, 0.29) is 11.9 Å². The van der Waals surface area contributed by atoms with Gasteiger partial charge in [-0.3, -0.25) is 9.48 Å². The molecule has 1 unspecified atom stereocenters. The third-order valence-corrected chi connectivity index (χ3v) is 5.16. The van der Waals surface area contributed by atoms with E-state index in [9.17, 15) is 4.79 Å². The molecule has 1 atom stereocenters. The molecule has 3 rings (SSSR count). The van der Waals surface area contributed by atoms with E-state index in [1.165, 1.54) is 0 Å². The highest BCUT2D eigenvalue weighted by molar-refractivity contribution is 6.31. The predicted octanol–water partition coefficient (Wildman–Crippen LogP) is 4.56. The highest BCUT2D eigenvalue weighted by Crippen LogP contribution is 2.33. The van der Waals surface area contributed by atoms with Crippen LogP contribution in [0.2, 0.25) is 5.02 Å². The van der Waals surface area contributed by atoms with Gasteiger partial charge >= 0.3 is 0 Å². The summed E-state index contributed by atoms with van der Waals surface area (Å²) in [5, 5.41) is 4.93. The summed E-state index contributed by atoms with van der Waals surface area (Å²) in [5.41, 5.74) is 2.83. The number of nitrogens with zero attached hydrogens (tertiary/aromatic N) is 3. The molecule has 1 saturated heterocycles. The van der Waals surface area contributed by atoms with Crippen LogP contribution < -0.4 is 0 Å². The number of piperidine rings is 1. The number of likely N-dealkylation sites (tertiary alicyclic amines) is 1. The predicted molar refractivity (Wildman–Crippen MR) is 96.4 cm³/mol. The summed E-state index contributed by atoms with van der Waals surface area (Å²) in [6, 6.07) is 7.78. The molecule has 1 aromatic carbocycles. The van der Waals surface area contributed by atoms with E-state index in [1.807, 2.05) is 40.9 Å². The summed E-state index contributed by atoms with van der Waals surface area (Å²) in [4.78, 5) is 15.1. The fraction of sp³-hybridized carbons (Fsp3) is 0.474. The molecule has 0 radical (unpaired) electrons. The summed E-state index contributed by atoms with van der Waals surface area (Å²) in [6.07, 6.45) is 4.94. The largest absolute Gasteiger partial charge is 0.330 e. The van der Waals surface area contributed by atoms with Gasteiger partial charge in [-0.1, -0.05) is 31.5 Å². The van der Waals surface area contributed by atoms with Crippen LogP contribution in [0.4, 0.5) is 0 Å². The van der Waals surface area contributed by atoms with E-state index in [0.717, 1.165) is 37.1 Å². The van der Waals surface area contributed by atoms with E-state index in [1.54, 1.807) is 6.20 Å².